The molecule has 4 heteroatoms. The van der Waals surface area contributed by atoms with Crippen molar-refractivity contribution in [2.45, 2.75) is 111 Å². The first-order chi connectivity index (χ1) is 14.7. The molecule has 0 aromatic heterocycles. The van der Waals surface area contributed by atoms with E-state index in [2.05, 4.69) is 60.7 Å². The third-order valence-electron chi connectivity index (χ3n) is 10.7. The van der Waals surface area contributed by atoms with Gasteiger partial charge in [-0.25, -0.2) is 0 Å². The lowest BCUT2D eigenvalue weighted by atomic mass is 9.44. The summed E-state index contributed by atoms with van der Waals surface area (Å²) in [4.78, 5) is 0. The highest BCUT2D eigenvalue weighted by Crippen LogP contribution is 2.69. The van der Waals surface area contributed by atoms with Gasteiger partial charge in [-0.2, -0.15) is 0 Å². The van der Waals surface area contributed by atoms with Crippen LogP contribution in [0.4, 0.5) is 0 Å². The van der Waals surface area contributed by atoms with Crippen LogP contribution in [0.1, 0.15) is 86.5 Å². The molecule has 0 spiro atoms. The predicted octanol–water partition coefficient (Wildman–Crippen LogP) is 5.95. The standard InChI is InChI=1S/C28H50O3Si/c1-25(2,3)23(17-31-32(7)8)20-9-10-21-24-22(12-14-27(20,21)5)26(4)13-11-19(29)15-18(26)16-28(24,6)30/h16,19-24,29-30,32H,9-15,17H2,1-8H3/t19?,20-,21+,22+,23?,24+,26+,27-,28?/m1/s1. The summed E-state index contributed by atoms with van der Waals surface area (Å²) in [5.41, 5.74) is 1.23. The van der Waals surface area contributed by atoms with E-state index in [4.69, 9.17) is 4.43 Å². The SMILES string of the molecule is C[SiH](C)OCC([C@H]1CC[C@H]2[C@H]3[C@H](CC[C@]12C)[C@@]1(C)CCC(O)CC1=CC3(C)O)C(C)(C)C. The molecule has 4 aliphatic carbocycles. The van der Waals surface area contributed by atoms with Gasteiger partial charge in [-0.1, -0.05) is 46.3 Å². The molecule has 0 bridgehead atoms. The normalized spacial score (nSPS) is 47.5. The summed E-state index contributed by atoms with van der Waals surface area (Å²) in [6.45, 7) is 19.8. The highest BCUT2D eigenvalue weighted by Gasteiger charge is 2.64. The first kappa shape index (κ1) is 24.9. The van der Waals surface area contributed by atoms with Crippen molar-refractivity contribution >= 4 is 9.04 Å². The fraction of sp³-hybridized carbons (Fsp3) is 0.929. The molecular weight excluding hydrogens is 412 g/mol. The van der Waals surface area contributed by atoms with Crippen LogP contribution in [-0.2, 0) is 4.43 Å². The zero-order valence-corrected chi connectivity index (χ0v) is 23.2. The Morgan fingerprint density at radius 2 is 1.75 bits per heavy atom. The van der Waals surface area contributed by atoms with Gasteiger partial charge < -0.3 is 14.6 Å². The highest BCUT2D eigenvalue weighted by molar-refractivity contribution is 6.48. The van der Waals surface area contributed by atoms with E-state index in [-0.39, 0.29) is 22.3 Å². The molecule has 184 valence electrons. The summed E-state index contributed by atoms with van der Waals surface area (Å²) in [5, 5.41) is 22.2. The van der Waals surface area contributed by atoms with Gasteiger partial charge in [0.2, 0.25) is 0 Å². The Labute approximate surface area is 199 Å². The van der Waals surface area contributed by atoms with E-state index in [1.54, 1.807) is 0 Å². The van der Waals surface area contributed by atoms with Crippen LogP contribution >= 0.6 is 0 Å². The van der Waals surface area contributed by atoms with Crippen LogP contribution in [0.5, 0.6) is 0 Å². The van der Waals surface area contributed by atoms with Crippen molar-refractivity contribution in [3.05, 3.63) is 11.6 Å². The van der Waals surface area contributed by atoms with Crippen LogP contribution in [0, 0.1) is 45.8 Å². The van der Waals surface area contributed by atoms with E-state index in [9.17, 15) is 10.2 Å². The summed E-state index contributed by atoms with van der Waals surface area (Å²) >= 11 is 0. The van der Waals surface area contributed by atoms with Crippen LogP contribution in [-0.4, -0.2) is 37.6 Å². The van der Waals surface area contributed by atoms with E-state index in [0.717, 1.165) is 25.9 Å². The Balaban J connectivity index is 1.68. The third kappa shape index (κ3) is 3.99. The molecule has 3 fully saturated rings. The summed E-state index contributed by atoms with van der Waals surface area (Å²) in [6.07, 6.45) is 9.70. The third-order valence-corrected chi connectivity index (χ3v) is 11.6. The number of fused-ring (bicyclic) bond motifs is 5. The molecule has 0 saturated heterocycles. The number of rotatable bonds is 4. The minimum Gasteiger partial charge on any atom is -0.420 e. The number of hydrogen-bond donors (Lipinski definition) is 2. The van der Waals surface area contributed by atoms with E-state index < -0.39 is 14.6 Å². The Bertz CT molecular complexity index is 737. The van der Waals surface area contributed by atoms with E-state index in [1.165, 1.54) is 31.3 Å². The van der Waals surface area contributed by atoms with Gasteiger partial charge in [0.25, 0.3) is 0 Å². The molecule has 4 aliphatic rings. The van der Waals surface area contributed by atoms with Crippen LogP contribution in [0.3, 0.4) is 0 Å². The fourth-order valence-corrected chi connectivity index (χ4v) is 9.54. The molecule has 4 rings (SSSR count). The molecule has 0 heterocycles. The molecule has 9 atom stereocenters. The van der Waals surface area contributed by atoms with E-state index >= 15 is 0 Å². The second kappa shape index (κ2) is 8.21. The van der Waals surface area contributed by atoms with Crippen molar-refractivity contribution < 1.29 is 14.6 Å². The molecule has 3 saturated carbocycles. The minimum absolute atomic E-state index is 0.154. The first-order valence-corrected chi connectivity index (χ1v) is 16.2. The Kier molecular flexibility index (Phi) is 6.40. The Hall–Kier alpha value is -0.163. The van der Waals surface area contributed by atoms with Crippen molar-refractivity contribution in [2.75, 3.05) is 6.61 Å². The van der Waals surface area contributed by atoms with Crippen LogP contribution < -0.4 is 0 Å². The van der Waals surface area contributed by atoms with E-state index in [0.29, 0.717) is 29.6 Å². The van der Waals surface area contributed by atoms with Crippen molar-refractivity contribution in [1.82, 2.24) is 0 Å². The largest absolute Gasteiger partial charge is 0.420 e. The van der Waals surface area contributed by atoms with E-state index in [1.807, 2.05) is 0 Å². The van der Waals surface area contributed by atoms with Crippen molar-refractivity contribution in [1.29, 1.82) is 0 Å². The number of aliphatic hydroxyl groups excluding tert-OH is 1. The van der Waals surface area contributed by atoms with Gasteiger partial charge in [0.15, 0.2) is 9.04 Å². The molecule has 2 N–H and O–H groups in total. The van der Waals surface area contributed by atoms with Gasteiger partial charge in [-0.3, -0.25) is 0 Å². The fourth-order valence-electron chi connectivity index (χ4n) is 8.95. The second-order valence-electron chi connectivity index (χ2n) is 14.0. The predicted molar refractivity (Wildman–Crippen MR) is 135 cm³/mol. The Morgan fingerprint density at radius 3 is 2.38 bits per heavy atom. The number of hydrogen-bond acceptors (Lipinski definition) is 3. The molecule has 3 unspecified atom stereocenters. The quantitative estimate of drug-likeness (QED) is 0.401. The monoisotopic (exact) mass is 462 g/mol. The summed E-state index contributed by atoms with van der Waals surface area (Å²) < 4.78 is 6.37. The molecule has 0 aromatic carbocycles. The molecule has 3 nitrogen and oxygen atoms in total. The zero-order chi connectivity index (χ0) is 23.7. The van der Waals surface area contributed by atoms with Crippen molar-refractivity contribution in [2.24, 2.45) is 45.8 Å². The topological polar surface area (TPSA) is 49.7 Å². The minimum atomic E-state index is -1.05. The summed E-state index contributed by atoms with van der Waals surface area (Å²) in [7, 11) is -1.05. The lowest BCUT2D eigenvalue weighted by molar-refractivity contribution is -0.138. The van der Waals surface area contributed by atoms with Gasteiger partial charge in [0.05, 0.1) is 11.7 Å². The van der Waals surface area contributed by atoms with Crippen molar-refractivity contribution in [3.8, 4) is 0 Å². The maximum absolute atomic E-state index is 11.9. The average molecular weight is 463 g/mol. The molecule has 0 aliphatic heterocycles. The molecule has 0 amide bonds. The summed E-state index contributed by atoms with van der Waals surface area (Å²) in [6, 6.07) is 0. The smallest absolute Gasteiger partial charge is 0.170 e. The molecule has 0 aromatic rings. The maximum Gasteiger partial charge on any atom is 0.170 e. The number of aliphatic hydroxyl groups is 2. The highest BCUT2D eigenvalue weighted by atomic mass is 28.3. The van der Waals surface area contributed by atoms with Crippen LogP contribution in [0.2, 0.25) is 13.1 Å². The van der Waals surface area contributed by atoms with Gasteiger partial charge in [-0.15, -0.1) is 0 Å². The first-order valence-electron chi connectivity index (χ1n) is 13.4. The second-order valence-corrected chi connectivity index (χ2v) is 16.5. The van der Waals surface area contributed by atoms with Gasteiger partial charge in [0.1, 0.15) is 0 Å². The lowest BCUT2D eigenvalue weighted by Crippen LogP contribution is -2.59. The van der Waals surface area contributed by atoms with Crippen LogP contribution in [0.25, 0.3) is 0 Å². The molecular formula is C28H50O3Si. The van der Waals surface area contributed by atoms with Gasteiger partial charge in [-0.05, 0) is 111 Å². The maximum atomic E-state index is 11.9. The molecule has 0 radical (unpaired) electrons. The van der Waals surface area contributed by atoms with Gasteiger partial charge >= 0.3 is 0 Å². The summed E-state index contributed by atoms with van der Waals surface area (Å²) in [5.74, 6) is 2.68. The average Bonchev–Trinajstić information content (AvgIpc) is 2.99. The Morgan fingerprint density at radius 1 is 1.06 bits per heavy atom. The van der Waals surface area contributed by atoms with Crippen LogP contribution in [0.15, 0.2) is 11.6 Å². The van der Waals surface area contributed by atoms with Gasteiger partial charge in [0, 0.05) is 6.61 Å². The zero-order valence-electron chi connectivity index (χ0n) is 22.1. The van der Waals surface area contributed by atoms with Crippen molar-refractivity contribution in [3.63, 3.8) is 0 Å². The lowest BCUT2D eigenvalue weighted by Gasteiger charge is -2.62. The molecule has 32 heavy (non-hydrogen) atoms.